The minimum Gasteiger partial charge on any atom is -0.396 e. The van der Waals surface area contributed by atoms with E-state index in [2.05, 4.69) is 103 Å². The van der Waals surface area contributed by atoms with E-state index in [1.165, 1.54) is 15.6 Å². The minimum atomic E-state index is -1.85. The maximum absolute atomic E-state index is 4.97. The summed E-state index contributed by atoms with van der Waals surface area (Å²) < 4.78 is 6.30. The number of rotatable bonds is 7. The first-order valence-corrected chi connectivity index (χ1v) is 22.2. The van der Waals surface area contributed by atoms with Gasteiger partial charge in [0.25, 0.3) is 0 Å². The molecule has 6 nitrogen and oxygen atoms in total. The second kappa shape index (κ2) is 7.83. The summed E-state index contributed by atoms with van der Waals surface area (Å²) in [6.07, 6.45) is 18.9. The Morgan fingerprint density at radius 2 is 1.00 bits per heavy atom. The number of aromatic nitrogens is 6. The molecule has 0 aliphatic heterocycles. The first-order valence-electron chi connectivity index (χ1n) is 11.7. The molecule has 0 fully saturated rings. The first-order chi connectivity index (χ1) is 15.2. The third kappa shape index (κ3) is 4.16. The van der Waals surface area contributed by atoms with Crippen molar-refractivity contribution in [2.24, 2.45) is 0 Å². The zero-order valence-corrected chi connectivity index (χ0v) is 24.5. The molecule has 10 heteroatoms. The van der Waals surface area contributed by atoms with Crippen molar-refractivity contribution in [3.8, 4) is 0 Å². The van der Waals surface area contributed by atoms with Crippen molar-refractivity contribution in [1.29, 1.82) is 0 Å². The van der Waals surface area contributed by atoms with Gasteiger partial charge in [-0.1, -0.05) is 76.5 Å². The number of hydrogen-bond donors (Lipinski definition) is 0. The zero-order chi connectivity index (χ0) is 24.2. The van der Waals surface area contributed by atoms with Crippen LogP contribution in [-0.2, 0) is 0 Å². The predicted molar refractivity (Wildman–Crippen MR) is 148 cm³/mol. The largest absolute Gasteiger partial charge is 0.396 e. The Hall–Kier alpha value is -2.39. The molecule has 0 unspecified atom stereocenters. The fraction of sp³-hybridized carbons (Fsp3) is 0.391. The highest BCUT2D eigenvalue weighted by atomic mass is 28.3. The van der Waals surface area contributed by atoms with Crippen LogP contribution in [0.2, 0.25) is 58.9 Å². The van der Waals surface area contributed by atoms with Crippen molar-refractivity contribution < 1.29 is 0 Å². The highest BCUT2D eigenvalue weighted by molar-refractivity contribution is 6.90. The third-order valence-corrected chi connectivity index (χ3v) is 12.5. The standard InChI is InChI=1S/C23H36BN6Si3/c1-31(2,3)21-14-25-28(17-21)24(20-12-10-11-13-20,29-18-22(15-26-29)32(4,5)6)30-19-23(16-27-30)33(7,8)9/h10-12,14-19H,1-9H3/q-1. The minimum absolute atomic E-state index is 1.02. The molecule has 0 radical (unpaired) electrons. The topological polar surface area (TPSA) is 53.5 Å². The van der Waals surface area contributed by atoms with Gasteiger partial charge in [-0.25, -0.2) is 15.3 Å². The monoisotopic (exact) mass is 491 g/mol. The Morgan fingerprint density at radius 3 is 1.24 bits per heavy atom. The Morgan fingerprint density at radius 1 is 0.636 bits per heavy atom. The number of hydrogen-bond acceptors (Lipinski definition) is 3. The van der Waals surface area contributed by atoms with Gasteiger partial charge in [0.2, 0.25) is 0 Å². The van der Waals surface area contributed by atoms with Gasteiger partial charge >= 0.3 is 6.55 Å². The molecule has 1 aliphatic carbocycles. The summed E-state index contributed by atoms with van der Waals surface area (Å²) in [5.41, 5.74) is 4.52. The molecule has 0 bridgehead atoms. The molecule has 0 aromatic carbocycles. The van der Waals surface area contributed by atoms with E-state index in [0.717, 1.165) is 5.47 Å². The average Bonchev–Trinajstić information content (AvgIpc) is 3.47. The fourth-order valence-electron chi connectivity index (χ4n) is 4.14. The molecule has 0 atom stereocenters. The summed E-state index contributed by atoms with van der Waals surface area (Å²) >= 11 is 0. The molecule has 33 heavy (non-hydrogen) atoms. The van der Waals surface area contributed by atoms with E-state index in [9.17, 15) is 0 Å². The van der Waals surface area contributed by atoms with Gasteiger partial charge in [0.05, 0.1) is 24.2 Å². The number of allylic oxidation sites excluding steroid dienone is 3. The third-order valence-electron chi connectivity index (χ3n) is 6.55. The van der Waals surface area contributed by atoms with Gasteiger partial charge in [-0.3, -0.25) is 0 Å². The molecule has 3 aromatic heterocycles. The summed E-state index contributed by atoms with van der Waals surface area (Å²) in [4.78, 5) is 0. The smallest absolute Gasteiger partial charge is 0.376 e. The molecule has 0 spiro atoms. The van der Waals surface area contributed by atoms with Crippen LogP contribution in [0.25, 0.3) is 0 Å². The Labute approximate surface area is 200 Å². The van der Waals surface area contributed by atoms with Crippen LogP contribution in [0.5, 0.6) is 0 Å². The SMILES string of the molecule is C[Si](C)(C)c1cnn([B-](C2=C=CC=C2)(n2cc([Si](C)(C)C)cn2)n2cc([Si](C)(C)C)cn2)c1. The van der Waals surface area contributed by atoms with Gasteiger partial charge in [-0.05, 0) is 40.2 Å². The molecule has 3 aromatic rings. The van der Waals surface area contributed by atoms with Gasteiger partial charge in [0.1, 0.15) is 0 Å². The molecule has 0 saturated carbocycles. The fourth-order valence-corrected chi connectivity index (χ4v) is 7.04. The predicted octanol–water partition coefficient (Wildman–Crippen LogP) is 2.99. The lowest BCUT2D eigenvalue weighted by Gasteiger charge is -2.42. The van der Waals surface area contributed by atoms with Crippen molar-refractivity contribution in [2.45, 2.75) is 58.9 Å². The molecule has 174 valence electrons. The Balaban J connectivity index is 2.06. The maximum atomic E-state index is 4.97. The van der Waals surface area contributed by atoms with E-state index in [4.69, 9.17) is 15.3 Å². The van der Waals surface area contributed by atoms with Crippen LogP contribution in [0.1, 0.15) is 0 Å². The number of nitrogens with zero attached hydrogens (tertiary/aromatic N) is 6. The lowest BCUT2D eigenvalue weighted by molar-refractivity contribution is 0.737. The Bertz CT molecular complexity index is 1140. The normalized spacial score (nSPS) is 14.9. The second-order valence-corrected chi connectivity index (χ2v) is 27.5. The molecule has 0 saturated heterocycles. The average molecular weight is 492 g/mol. The van der Waals surface area contributed by atoms with Crippen LogP contribution >= 0.6 is 0 Å². The summed E-state index contributed by atoms with van der Waals surface area (Å²) in [6, 6.07) is 0. The van der Waals surface area contributed by atoms with Crippen LogP contribution in [0, 0.1) is 0 Å². The molecular weight excluding hydrogens is 455 g/mol. The lowest BCUT2D eigenvalue weighted by Crippen LogP contribution is -2.61. The van der Waals surface area contributed by atoms with Gasteiger partial charge in [0.15, 0.2) is 0 Å². The molecule has 0 amide bonds. The van der Waals surface area contributed by atoms with E-state index in [-0.39, 0.29) is 0 Å². The van der Waals surface area contributed by atoms with E-state index in [1.807, 2.05) is 30.7 Å². The van der Waals surface area contributed by atoms with Gasteiger partial charge < -0.3 is 13.8 Å². The van der Waals surface area contributed by atoms with Crippen molar-refractivity contribution >= 4 is 46.3 Å². The highest BCUT2D eigenvalue weighted by Gasteiger charge is 2.41. The van der Waals surface area contributed by atoms with Crippen molar-refractivity contribution in [3.63, 3.8) is 0 Å². The van der Waals surface area contributed by atoms with Crippen LogP contribution in [0.4, 0.5) is 0 Å². The van der Waals surface area contributed by atoms with Gasteiger partial charge in [0, 0.05) is 18.6 Å². The first kappa shape index (κ1) is 23.8. The molecule has 1 aliphatic rings. The quantitative estimate of drug-likeness (QED) is 0.377. The van der Waals surface area contributed by atoms with Crippen LogP contribution in [-0.4, -0.2) is 59.8 Å². The van der Waals surface area contributed by atoms with Crippen LogP contribution < -0.4 is 15.6 Å². The van der Waals surface area contributed by atoms with E-state index in [1.54, 1.807) is 0 Å². The molecule has 4 rings (SSSR count). The van der Waals surface area contributed by atoms with Crippen LogP contribution in [0.3, 0.4) is 0 Å². The zero-order valence-electron chi connectivity index (χ0n) is 21.5. The van der Waals surface area contributed by atoms with Gasteiger partial charge in [-0.15, -0.1) is 0 Å². The summed E-state index contributed by atoms with van der Waals surface area (Å²) in [6.45, 7) is 19.3. The van der Waals surface area contributed by atoms with E-state index < -0.39 is 30.8 Å². The van der Waals surface area contributed by atoms with Crippen molar-refractivity contribution in [1.82, 2.24) is 29.1 Å². The second-order valence-electron chi connectivity index (χ2n) is 12.2. The summed E-state index contributed by atoms with van der Waals surface area (Å²) in [7, 11) is -4.67. The summed E-state index contributed by atoms with van der Waals surface area (Å²) in [5.74, 6) is 0. The van der Waals surface area contributed by atoms with Gasteiger partial charge in [-0.2, -0.15) is 5.73 Å². The molecule has 0 N–H and O–H groups in total. The Kier molecular flexibility index (Phi) is 5.64. The van der Waals surface area contributed by atoms with Crippen molar-refractivity contribution in [2.75, 3.05) is 0 Å². The lowest BCUT2D eigenvalue weighted by atomic mass is 9.53. The van der Waals surface area contributed by atoms with E-state index >= 15 is 0 Å². The van der Waals surface area contributed by atoms with E-state index in [0.29, 0.717) is 0 Å². The molecular formula is C23H36BN6Si3-. The summed E-state index contributed by atoms with van der Waals surface area (Å²) in [5, 5.41) is 18.8. The highest BCUT2D eigenvalue weighted by Crippen LogP contribution is 2.24. The van der Waals surface area contributed by atoms with Crippen molar-refractivity contribution in [3.05, 3.63) is 66.6 Å². The molecule has 3 heterocycles. The maximum Gasteiger partial charge on any atom is 0.376 e. The van der Waals surface area contributed by atoms with Crippen LogP contribution in [0.15, 0.2) is 66.6 Å².